The number of rotatable bonds is 4. The quantitative estimate of drug-likeness (QED) is 0.840. The summed E-state index contributed by atoms with van der Waals surface area (Å²) in [5.41, 5.74) is 6.68. The molecule has 2 N–H and O–H groups in total. The summed E-state index contributed by atoms with van der Waals surface area (Å²) in [7, 11) is 0. The first kappa shape index (κ1) is 12.5. The standard InChI is InChI=1S/C12H17ClFN/c1-3-12(15,4-2)8-9-7-10(14)5-6-11(9)13/h5-7H,3-4,8,15H2,1-2H3. The molecule has 0 saturated heterocycles. The average Bonchev–Trinajstić information content (AvgIpc) is 2.23. The maximum Gasteiger partial charge on any atom is 0.123 e. The van der Waals surface area contributed by atoms with Gasteiger partial charge in [-0.2, -0.15) is 0 Å². The number of hydrogen-bond donors (Lipinski definition) is 1. The molecule has 0 saturated carbocycles. The fraction of sp³-hybridized carbons (Fsp3) is 0.500. The van der Waals surface area contributed by atoms with Crippen LogP contribution in [0.25, 0.3) is 0 Å². The van der Waals surface area contributed by atoms with Crippen molar-refractivity contribution < 1.29 is 4.39 Å². The Bertz CT molecular complexity index is 334. The highest BCUT2D eigenvalue weighted by molar-refractivity contribution is 6.31. The Balaban J connectivity index is 2.92. The van der Waals surface area contributed by atoms with Crippen molar-refractivity contribution in [1.82, 2.24) is 0 Å². The molecule has 0 bridgehead atoms. The van der Waals surface area contributed by atoms with Gasteiger partial charge < -0.3 is 5.73 Å². The molecule has 0 fully saturated rings. The molecule has 0 aromatic heterocycles. The maximum atomic E-state index is 13.0. The Morgan fingerprint density at radius 1 is 1.33 bits per heavy atom. The summed E-state index contributed by atoms with van der Waals surface area (Å²) in [6, 6.07) is 4.41. The van der Waals surface area contributed by atoms with Crippen LogP contribution in [0.3, 0.4) is 0 Å². The molecule has 0 unspecified atom stereocenters. The van der Waals surface area contributed by atoms with Crippen LogP contribution in [0.15, 0.2) is 18.2 Å². The SMILES string of the molecule is CCC(N)(CC)Cc1cc(F)ccc1Cl. The van der Waals surface area contributed by atoms with Gasteiger partial charge in [0.25, 0.3) is 0 Å². The first-order valence-electron chi connectivity index (χ1n) is 5.23. The third-order valence-corrected chi connectivity index (χ3v) is 3.33. The van der Waals surface area contributed by atoms with E-state index < -0.39 is 0 Å². The van der Waals surface area contributed by atoms with Crippen LogP contribution in [-0.4, -0.2) is 5.54 Å². The summed E-state index contributed by atoms with van der Waals surface area (Å²) < 4.78 is 13.0. The maximum absolute atomic E-state index is 13.0. The predicted octanol–water partition coefficient (Wildman–Crippen LogP) is 3.54. The molecular formula is C12H17ClFN. The number of benzene rings is 1. The fourth-order valence-electron chi connectivity index (χ4n) is 1.56. The number of halogens is 2. The summed E-state index contributed by atoms with van der Waals surface area (Å²) in [5, 5.41) is 0.591. The van der Waals surface area contributed by atoms with Crippen molar-refractivity contribution in [3.8, 4) is 0 Å². The van der Waals surface area contributed by atoms with Crippen LogP contribution < -0.4 is 5.73 Å². The monoisotopic (exact) mass is 229 g/mol. The summed E-state index contributed by atoms with van der Waals surface area (Å²) in [6.07, 6.45) is 2.34. The zero-order valence-corrected chi connectivity index (χ0v) is 9.94. The van der Waals surface area contributed by atoms with Crippen molar-refractivity contribution in [3.05, 3.63) is 34.6 Å². The van der Waals surface area contributed by atoms with Crippen LogP contribution >= 0.6 is 11.6 Å². The number of hydrogen-bond acceptors (Lipinski definition) is 1. The highest BCUT2D eigenvalue weighted by atomic mass is 35.5. The molecule has 1 nitrogen and oxygen atoms in total. The molecular weight excluding hydrogens is 213 g/mol. The highest BCUT2D eigenvalue weighted by Gasteiger charge is 2.22. The topological polar surface area (TPSA) is 26.0 Å². The molecule has 0 radical (unpaired) electrons. The van der Waals surface area contributed by atoms with Gasteiger partial charge in [0.2, 0.25) is 0 Å². The van der Waals surface area contributed by atoms with Crippen molar-refractivity contribution in [2.24, 2.45) is 5.73 Å². The van der Waals surface area contributed by atoms with Gasteiger partial charge in [0.15, 0.2) is 0 Å². The van der Waals surface area contributed by atoms with E-state index in [2.05, 4.69) is 0 Å². The molecule has 84 valence electrons. The third kappa shape index (κ3) is 3.18. The van der Waals surface area contributed by atoms with Crippen LogP contribution in [0.4, 0.5) is 4.39 Å². The summed E-state index contributed by atoms with van der Waals surface area (Å²) in [6.45, 7) is 4.08. The molecule has 0 spiro atoms. The Kier molecular flexibility index (Phi) is 4.12. The Morgan fingerprint density at radius 2 is 1.93 bits per heavy atom. The van der Waals surface area contributed by atoms with E-state index >= 15 is 0 Å². The molecule has 0 aliphatic rings. The van der Waals surface area contributed by atoms with Gasteiger partial charge in [-0.05, 0) is 43.0 Å². The van der Waals surface area contributed by atoms with E-state index in [-0.39, 0.29) is 11.4 Å². The lowest BCUT2D eigenvalue weighted by molar-refractivity contribution is 0.393. The predicted molar refractivity (Wildman–Crippen MR) is 62.6 cm³/mol. The summed E-state index contributed by atoms with van der Waals surface area (Å²) in [5.74, 6) is -0.260. The van der Waals surface area contributed by atoms with E-state index in [1.807, 2.05) is 13.8 Å². The van der Waals surface area contributed by atoms with Crippen molar-refractivity contribution in [2.45, 2.75) is 38.6 Å². The van der Waals surface area contributed by atoms with Crippen LogP contribution in [0.5, 0.6) is 0 Å². The van der Waals surface area contributed by atoms with Crippen molar-refractivity contribution in [1.29, 1.82) is 0 Å². The number of nitrogens with two attached hydrogens (primary N) is 1. The highest BCUT2D eigenvalue weighted by Crippen LogP contribution is 2.24. The molecule has 0 heterocycles. The van der Waals surface area contributed by atoms with Gasteiger partial charge in [-0.15, -0.1) is 0 Å². The third-order valence-electron chi connectivity index (χ3n) is 2.96. The van der Waals surface area contributed by atoms with E-state index in [1.165, 1.54) is 12.1 Å². The van der Waals surface area contributed by atoms with Crippen LogP contribution in [0.2, 0.25) is 5.02 Å². The van der Waals surface area contributed by atoms with E-state index in [4.69, 9.17) is 17.3 Å². The second kappa shape index (κ2) is 4.95. The smallest absolute Gasteiger partial charge is 0.123 e. The molecule has 1 rings (SSSR count). The summed E-state index contributed by atoms with van der Waals surface area (Å²) >= 11 is 5.99. The van der Waals surface area contributed by atoms with Gasteiger partial charge in [-0.3, -0.25) is 0 Å². The van der Waals surface area contributed by atoms with Gasteiger partial charge >= 0.3 is 0 Å². The minimum atomic E-state index is -0.280. The zero-order chi connectivity index (χ0) is 11.5. The first-order valence-corrected chi connectivity index (χ1v) is 5.61. The van der Waals surface area contributed by atoms with E-state index in [0.717, 1.165) is 18.4 Å². The first-order chi connectivity index (χ1) is 7.00. The van der Waals surface area contributed by atoms with Gasteiger partial charge in [-0.25, -0.2) is 4.39 Å². The Hall–Kier alpha value is -0.600. The molecule has 0 aliphatic carbocycles. The minimum absolute atomic E-state index is 0.260. The normalized spacial score (nSPS) is 11.8. The van der Waals surface area contributed by atoms with Gasteiger partial charge in [0.1, 0.15) is 5.82 Å². The molecule has 0 amide bonds. The molecule has 1 aromatic carbocycles. The molecule has 15 heavy (non-hydrogen) atoms. The Morgan fingerprint density at radius 3 is 2.47 bits per heavy atom. The van der Waals surface area contributed by atoms with Gasteiger partial charge in [-0.1, -0.05) is 25.4 Å². The molecule has 0 aliphatic heterocycles. The second-order valence-corrected chi connectivity index (χ2v) is 4.39. The molecule has 1 aromatic rings. The van der Waals surface area contributed by atoms with E-state index in [9.17, 15) is 4.39 Å². The molecule has 0 atom stereocenters. The fourth-order valence-corrected chi connectivity index (χ4v) is 1.74. The average molecular weight is 230 g/mol. The van der Waals surface area contributed by atoms with E-state index in [0.29, 0.717) is 11.4 Å². The largest absolute Gasteiger partial charge is 0.325 e. The van der Waals surface area contributed by atoms with Crippen LogP contribution in [-0.2, 0) is 6.42 Å². The van der Waals surface area contributed by atoms with Gasteiger partial charge in [0.05, 0.1) is 0 Å². The van der Waals surface area contributed by atoms with Crippen molar-refractivity contribution in [3.63, 3.8) is 0 Å². The lowest BCUT2D eigenvalue weighted by atomic mass is 9.87. The lowest BCUT2D eigenvalue weighted by Gasteiger charge is -2.27. The van der Waals surface area contributed by atoms with E-state index in [1.54, 1.807) is 6.07 Å². The Labute approximate surface area is 95.4 Å². The van der Waals surface area contributed by atoms with Crippen LogP contribution in [0.1, 0.15) is 32.3 Å². The summed E-state index contributed by atoms with van der Waals surface area (Å²) in [4.78, 5) is 0. The minimum Gasteiger partial charge on any atom is -0.325 e. The van der Waals surface area contributed by atoms with Crippen molar-refractivity contribution >= 4 is 11.6 Å². The second-order valence-electron chi connectivity index (χ2n) is 3.98. The van der Waals surface area contributed by atoms with Gasteiger partial charge in [0, 0.05) is 10.6 Å². The zero-order valence-electron chi connectivity index (χ0n) is 9.19. The van der Waals surface area contributed by atoms with Crippen molar-refractivity contribution in [2.75, 3.05) is 0 Å². The molecule has 3 heteroatoms. The van der Waals surface area contributed by atoms with Crippen LogP contribution in [0, 0.1) is 5.82 Å². The lowest BCUT2D eigenvalue weighted by Crippen LogP contribution is -2.40.